The van der Waals surface area contributed by atoms with E-state index in [0.717, 1.165) is 47.1 Å². The number of Topliss-reactive ketones (excluding diaryl/α,β-unsaturated/α-hetero) is 1. The standard InChI is InChI=1S/C17H19BrN2O/c1-11-16(18)15(20(2)19-11)10-13-8-5-7-12-6-3-4-9-14(12)17(13)21/h3-4,6,9,13H,5,7-8,10H2,1-2H3. The van der Waals surface area contributed by atoms with Gasteiger partial charge < -0.3 is 0 Å². The van der Waals surface area contributed by atoms with Crippen LogP contribution in [0.25, 0.3) is 0 Å². The van der Waals surface area contributed by atoms with Gasteiger partial charge in [0.25, 0.3) is 0 Å². The summed E-state index contributed by atoms with van der Waals surface area (Å²) in [7, 11) is 1.95. The molecule has 0 bridgehead atoms. The Kier molecular flexibility index (Phi) is 3.98. The van der Waals surface area contributed by atoms with Gasteiger partial charge in [-0.25, -0.2) is 0 Å². The third-order valence-electron chi connectivity index (χ3n) is 4.35. The van der Waals surface area contributed by atoms with Gasteiger partial charge in [0.2, 0.25) is 0 Å². The van der Waals surface area contributed by atoms with E-state index in [4.69, 9.17) is 0 Å². The van der Waals surface area contributed by atoms with Crippen molar-refractivity contribution < 1.29 is 4.79 Å². The maximum Gasteiger partial charge on any atom is 0.166 e. The summed E-state index contributed by atoms with van der Waals surface area (Å²) in [5.41, 5.74) is 4.21. The molecule has 110 valence electrons. The van der Waals surface area contributed by atoms with Crippen LogP contribution in [0.2, 0.25) is 0 Å². The van der Waals surface area contributed by atoms with Crippen molar-refractivity contribution in [3.8, 4) is 0 Å². The lowest BCUT2D eigenvalue weighted by Gasteiger charge is -2.14. The van der Waals surface area contributed by atoms with Gasteiger partial charge in [-0.2, -0.15) is 5.10 Å². The first-order valence-corrected chi connectivity index (χ1v) is 8.17. The summed E-state index contributed by atoms with van der Waals surface area (Å²) < 4.78 is 2.93. The molecule has 2 aromatic rings. The van der Waals surface area contributed by atoms with E-state index in [1.54, 1.807) is 0 Å². The van der Waals surface area contributed by atoms with E-state index in [9.17, 15) is 4.79 Å². The van der Waals surface area contributed by atoms with E-state index in [-0.39, 0.29) is 11.7 Å². The van der Waals surface area contributed by atoms with Gasteiger partial charge in [0.05, 0.1) is 15.9 Å². The molecule has 1 unspecified atom stereocenters. The first-order chi connectivity index (χ1) is 10.1. The van der Waals surface area contributed by atoms with E-state index < -0.39 is 0 Å². The number of hydrogen-bond donors (Lipinski definition) is 0. The molecule has 0 saturated carbocycles. The number of carbonyl (C=O) groups excluding carboxylic acids is 1. The Hall–Kier alpha value is -1.42. The molecule has 1 aromatic heterocycles. The fourth-order valence-corrected chi connectivity index (χ4v) is 3.70. The Morgan fingerprint density at radius 2 is 2.14 bits per heavy atom. The topological polar surface area (TPSA) is 34.9 Å². The first-order valence-electron chi connectivity index (χ1n) is 7.38. The molecule has 0 saturated heterocycles. The Morgan fingerprint density at radius 3 is 2.86 bits per heavy atom. The van der Waals surface area contributed by atoms with Crippen LogP contribution in [0.3, 0.4) is 0 Å². The SMILES string of the molecule is Cc1nn(C)c(CC2CCCc3ccccc3C2=O)c1Br. The quantitative estimate of drug-likeness (QED) is 0.773. The second kappa shape index (κ2) is 5.76. The molecular weight excluding hydrogens is 328 g/mol. The fourth-order valence-electron chi connectivity index (χ4n) is 3.20. The maximum atomic E-state index is 12.8. The highest BCUT2D eigenvalue weighted by atomic mass is 79.9. The molecule has 0 aliphatic heterocycles. The van der Waals surface area contributed by atoms with Crippen LogP contribution in [0.15, 0.2) is 28.7 Å². The summed E-state index contributed by atoms with van der Waals surface area (Å²) in [6.45, 7) is 1.98. The van der Waals surface area contributed by atoms with Crippen LogP contribution >= 0.6 is 15.9 Å². The molecule has 1 aliphatic carbocycles. The Balaban J connectivity index is 1.91. The average Bonchev–Trinajstić information content (AvgIpc) is 2.63. The van der Waals surface area contributed by atoms with Gasteiger partial charge in [-0.3, -0.25) is 9.48 Å². The number of hydrogen-bond acceptors (Lipinski definition) is 2. The number of carbonyl (C=O) groups is 1. The van der Waals surface area contributed by atoms with Crippen LogP contribution in [0.4, 0.5) is 0 Å². The number of aryl methyl sites for hydroxylation is 3. The van der Waals surface area contributed by atoms with E-state index in [1.807, 2.05) is 36.9 Å². The monoisotopic (exact) mass is 346 g/mol. The zero-order valence-electron chi connectivity index (χ0n) is 12.4. The summed E-state index contributed by atoms with van der Waals surface area (Å²) in [5, 5.41) is 4.43. The number of nitrogens with zero attached hydrogens (tertiary/aromatic N) is 2. The zero-order valence-corrected chi connectivity index (χ0v) is 14.0. The zero-order chi connectivity index (χ0) is 15.0. The van der Waals surface area contributed by atoms with Crippen molar-refractivity contribution in [3.63, 3.8) is 0 Å². The third-order valence-corrected chi connectivity index (χ3v) is 5.39. The number of aromatic nitrogens is 2. The van der Waals surface area contributed by atoms with Crippen LogP contribution in [0.5, 0.6) is 0 Å². The molecule has 3 nitrogen and oxygen atoms in total. The molecule has 0 amide bonds. The molecule has 1 heterocycles. The van der Waals surface area contributed by atoms with Crippen LogP contribution < -0.4 is 0 Å². The van der Waals surface area contributed by atoms with Crippen molar-refractivity contribution in [1.82, 2.24) is 9.78 Å². The second-order valence-electron chi connectivity index (χ2n) is 5.78. The Labute approximate surface area is 133 Å². The van der Waals surface area contributed by atoms with Crippen molar-refractivity contribution in [2.75, 3.05) is 0 Å². The molecule has 4 heteroatoms. The normalized spacial score (nSPS) is 18.4. The largest absolute Gasteiger partial charge is 0.294 e. The molecule has 1 atom stereocenters. The lowest BCUT2D eigenvalue weighted by atomic mass is 9.91. The predicted molar refractivity (Wildman–Crippen MR) is 86.5 cm³/mol. The van der Waals surface area contributed by atoms with Gasteiger partial charge in [-0.1, -0.05) is 24.3 Å². The van der Waals surface area contributed by atoms with Crippen LogP contribution in [0, 0.1) is 12.8 Å². The van der Waals surface area contributed by atoms with E-state index in [0.29, 0.717) is 0 Å². The number of rotatable bonds is 2. The molecular formula is C17H19BrN2O. The average molecular weight is 347 g/mol. The fraction of sp³-hybridized carbons (Fsp3) is 0.412. The number of benzene rings is 1. The lowest BCUT2D eigenvalue weighted by Crippen LogP contribution is -2.18. The van der Waals surface area contributed by atoms with Crippen molar-refractivity contribution in [1.29, 1.82) is 0 Å². The van der Waals surface area contributed by atoms with Gasteiger partial charge in [0.1, 0.15) is 0 Å². The third kappa shape index (κ3) is 2.69. The number of ketones is 1. The van der Waals surface area contributed by atoms with E-state index in [1.165, 1.54) is 5.56 Å². The van der Waals surface area contributed by atoms with E-state index in [2.05, 4.69) is 27.1 Å². The highest BCUT2D eigenvalue weighted by Crippen LogP contribution is 2.30. The minimum Gasteiger partial charge on any atom is -0.294 e. The highest BCUT2D eigenvalue weighted by Gasteiger charge is 2.27. The van der Waals surface area contributed by atoms with Gasteiger partial charge in [0.15, 0.2) is 5.78 Å². The molecule has 1 aliphatic rings. The minimum absolute atomic E-state index is 0.0553. The van der Waals surface area contributed by atoms with Crippen molar-refractivity contribution in [2.45, 2.75) is 32.6 Å². The Morgan fingerprint density at radius 1 is 1.38 bits per heavy atom. The molecule has 0 radical (unpaired) electrons. The van der Waals surface area contributed by atoms with Gasteiger partial charge in [-0.15, -0.1) is 0 Å². The van der Waals surface area contributed by atoms with Gasteiger partial charge in [-0.05, 0) is 47.7 Å². The van der Waals surface area contributed by atoms with Crippen LogP contribution in [-0.4, -0.2) is 15.6 Å². The Bertz CT molecular complexity index is 690. The molecule has 3 rings (SSSR count). The molecule has 0 fully saturated rings. The van der Waals surface area contributed by atoms with Gasteiger partial charge in [0, 0.05) is 24.9 Å². The lowest BCUT2D eigenvalue weighted by molar-refractivity contribution is 0.0914. The predicted octanol–water partition coefficient (Wildman–Crippen LogP) is 3.87. The molecule has 1 aromatic carbocycles. The number of halogens is 1. The summed E-state index contributed by atoms with van der Waals surface area (Å²) in [5.74, 6) is 0.341. The van der Waals surface area contributed by atoms with E-state index >= 15 is 0 Å². The molecule has 0 spiro atoms. The molecule has 21 heavy (non-hydrogen) atoms. The van der Waals surface area contributed by atoms with Crippen molar-refractivity contribution >= 4 is 21.7 Å². The molecule has 0 N–H and O–H groups in total. The van der Waals surface area contributed by atoms with Crippen molar-refractivity contribution in [3.05, 3.63) is 51.3 Å². The van der Waals surface area contributed by atoms with Crippen LogP contribution in [0.1, 0.15) is 40.2 Å². The van der Waals surface area contributed by atoms with Crippen molar-refractivity contribution in [2.24, 2.45) is 13.0 Å². The summed E-state index contributed by atoms with van der Waals surface area (Å²) in [4.78, 5) is 12.8. The summed E-state index contributed by atoms with van der Waals surface area (Å²) in [6.07, 6.45) is 3.78. The first kappa shape index (κ1) is 14.5. The van der Waals surface area contributed by atoms with Gasteiger partial charge >= 0.3 is 0 Å². The maximum absolute atomic E-state index is 12.8. The highest BCUT2D eigenvalue weighted by molar-refractivity contribution is 9.10. The smallest absolute Gasteiger partial charge is 0.166 e. The minimum atomic E-state index is 0.0553. The summed E-state index contributed by atoms with van der Waals surface area (Å²) >= 11 is 3.60. The van der Waals surface area contributed by atoms with Crippen LogP contribution in [-0.2, 0) is 19.9 Å². The second-order valence-corrected chi connectivity index (χ2v) is 6.58. The number of fused-ring (bicyclic) bond motifs is 1. The summed E-state index contributed by atoms with van der Waals surface area (Å²) in [6, 6.07) is 8.04.